The van der Waals surface area contributed by atoms with Crippen molar-refractivity contribution in [2.24, 2.45) is 68.0 Å². The van der Waals surface area contributed by atoms with E-state index in [9.17, 15) is 14.7 Å². The highest BCUT2D eigenvalue weighted by molar-refractivity contribution is 6.98. The van der Waals surface area contributed by atoms with Gasteiger partial charge in [0.25, 0.3) is 16.6 Å². The summed E-state index contributed by atoms with van der Waals surface area (Å²) in [7, 11) is -5.18. The first kappa shape index (κ1) is 64.2. The van der Waals surface area contributed by atoms with Gasteiger partial charge in [-0.1, -0.05) is 229 Å². The van der Waals surface area contributed by atoms with E-state index in [1.54, 1.807) is 0 Å². The lowest BCUT2D eigenvalue weighted by Gasteiger charge is -2.67. The van der Waals surface area contributed by atoms with Crippen molar-refractivity contribution in [1.29, 1.82) is 0 Å². The maximum absolute atomic E-state index is 14.2. The molecule has 8 fully saturated rings. The van der Waals surface area contributed by atoms with Gasteiger partial charge < -0.3 is 23.4 Å². The van der Waals surface area contributed by atoms with Gasteiger partial charge in [-0.3, -0.25) is 9.59 Å². The molecular formula is C75H104O7Si2. The number of Topliss-reactive ketones (excluding diaryl/α,β-unsaturated/α-hetero) is 2. The summed E-state index contributed by atoms with van der Waals surface area (Å²) in [5.74, 6) is 2.20. The van der Waals surface area contributed by atoms with Crippen LogP contribution in [0.5, 0.6) is 0 Å². The van der Waals surface area contributed by atoms with Crippen molar-refractivity contribution >= 4 is 48.9 Å². The fourth-order valence-corrected chi connectivity index (χ4v) is 29.7. The highest BCUT2D eigenvalue weighted by Crippen LogP contribution is 2.72. The highest BCUT2D eigenvalue weighted by atomic mass is 28.4. The molecule has 2 unspecified atom stereocenters. The second-order valence-corrected chi connectivity index (χ2v) is 35.1. The van der Waals surface area contributed by atoms with E-state index in [0.29, 0.717) is 42.9 Å². The van der Waals surface area contributed by atoms with Crippen LogP contribution in [0.1, 0.15) is 160 Å². The highest BCUT2D eigenvalue weighted by Gasteiger charge is 2.74. The first-order valence-corrected chi connectivity index (χ1v) is 35.8. The molecule has 8 aliphatic rings. The van der Waals surface area contributed by atoms with Gasteiger partial charge in [-0.25, -0.2) is 0 Å². The number of ether oxygens (including phenoxy) is 2. The second kappa shape index (κ2) is 24.3. The van der Waals surface area contributed by atoms with E-state index in [2.05, 4.69) is 189 Å². The number of hydrogen-bond donors (Lipinski definition) is 1. The van der Waals surface area contributed by atoms with Gasteiger partial charge in [0.1, 0.15) is 18.4 Å². The summed E-state index contributed by atoms with van der Waals surface area (Å²) in [5.41, 5.74) is 0.257. The minimum atomic E-state index is -2.62. The number of ketones is 2. The van der Waals surface area contributed by atoms with Gasteiger partial charge >= 0.3 is 0 Å². The summed E-state index contributed by atoms with van der Waals surface area (Å²) in [4.78, 5) is 28.0. The minimum absolute atomic E-state index is 0. The number of carbonyl (C=O) groups is 2. The molecule has 0 amide bonds. The first-order valence-electron chi connectivity index (χ1n) is 31.5. The molecule has 4 bridgehead atoms. The van der Waals surface area contributed by atoms with E-state index in [1.807, 2.05) is 18.2 Å². The van der Waals surface area contributed by atoms with Crippen molar-refractivity contribution in [3.05, 3.63) is 157 Å². The molecule has 6 aliphatic carbocycles. The predicted octanol–water partition coefficient (Wildman–Crippen LogP) is 14.8. The molecule has 5 aromatic rings. The summed E-state index contributed by atoms with van der Waals surface area (Å²) in [6.07, 6.45) is 10.8. The first-order chi connectivity index (χ1) is 39.0. The van der Waals surface area contributed by atoms with Gasteiger partial charge in [0.2, 0.25) is 0 Å². The lowest BCUT2D eigenvalue weighted by Crippen LogP contribution is -2.74. The van der Waals surface area contributed by atoms with E-state index in [4.69, 9.17) is 18.3 Å². The zero-order valence-corrected chi connectivity index (χ0v) is 51.9. The molecule has 5 aromatic carbocycles. The number of carbonyl (C=O) groups excluding carboxylic acids is 2. The van der Waals surface area contributed by atoms with Crippen molar-refractivity contribution in [3.8, 4) is 0 Å². The zero-order chi connectivity index (χ0) is 56.6. The lowest BCUT2D eigenvalue weighted by molar-refractivity contribution is -0.228. The van der Waals surface area contributed by atoms with Crippen LogP contribution in [0.4, 0.5) is 0 Å². The van der Waals surface area contributed by atoms with Gasteiger partial charge in [-0.15, -0.1) is 0 Å². The third-order valence-electron chi connectivity index (χ3n) is 25.0. The Balaban J connectivity index is 0.000000199. The Kier molecular flexibility index (Phi) is 18.6. The zero-order valence-electron chi connectivity index (χ0n) is 49.9. The Morgan fingerprint density at radius 2 is 0.893 bits per heavy atom. The largest absolute Gasteiger partial charge is 0.404 e. The molecule has 6 saturated carbocycles. The number of rotatable bonds is 11. The SMILES string of the molecule is C.C.C.CC[C@]1(C)C[C@H]2O[Si](c3ccccc3)(c3ccccc3)C[C@@H]3CC[C@]4(CCC(=O)C4[C@@]32C)[C@@H](C)[C@@H]1O.CC[C@]1(C)C[C@H]2O[Si](c3ccccc3)(c3ccccc3)C[C@@H]3CC[C@]4(CCC(=O)C4[C@@]32C)[C@@H](C)[C@@H]1OCOCc1ccccc1. The van der Waals surface area contributed by atoms with Crippen LogP contribution in [0.3, 0.4) is 0 Å². The van der Waals surface area contributed by atoms with Crippen LogP contribution in [0.25, 0.3) is 0 Å². The number of aliphatic hydroxyl groups is 1. The smallest absolute Gasteiger partial charge is 0.256 e. The standard InChI is InChI=1S/C40H50O4Si.C32H42O3Si.3CH4/c1-5-38(3)25-35-39(4)31(27-45(44-35,32-17-11-7-12-18-32)33-19-13-8-14-20-33)21-23-40(24-22-34(41)36(39)40)29(2)37(38)43-28-42-26-30-15-9-6-10-16-30;1-5-30(3)20-27-31(4)23(16-18-32(22(2)29(30)34)19-17-26(33)28(31)32)21-36(35-27,24-12-8-6-9-13-24)25-14-10-7-11-15-25;;;/h6-20,29,31,35-37H,5,21-28H2,1-4H3;6-15,22-23,27-29,34H,5,16-21H2,1-4H3;3*1H4/t29-,31-,35+,36?,37-,38+,39-,40-;22-,23-,27+,28?,29-,30+,31-,32-;;;/m00.../s1. The van der Waals surface area contributed by atoms with Gasteiger partial charge in [0.05, 0.1) is 31.0 Å². The van der Waals surface area contributed by atoms with E-state index in [1.165, 1.54) is 20.7 Å². The van der Waals surface area contributed by atoms with E-state index >= 15 is 0 Å². The van der Waals surface area contributed by atoms with Crippen LogP contribution in [-0.4, -0.2) is 64.5 Å². The Morgan fingerprint density at radius 3 is 1.29 bits per heavy atom. The third kappa shape index (κ3) is 9.91. The number of benzene rings is 5. The summed E-state index contributed by atoms with van der Waals surface area (Å²) < 4.78 is 28.6. The Hall–Kier alpha value is -4.33. The third-order valence-corrected chi connectivity index (χ3v) is 33.6. The minimum Gasteiger partial charge on any atom is -0.404 e. The summed E-state index contributed by atoms with van der Waals surface area (Å²) in [6, 6.07) is 56.4. The predicted molar refractivity (Wildman–Crippen MR) is 349 cm³/mol. The van der Waals surface area contributed by atoms with Gasteiger partial charge in [0, 0.05) is 35.5 Å². The monoisotopic (exact) mass is 1170 g/mol. The molecule has 454 valence electrons. The van der Waals surface area contributed by atoms with E-state index < -0.39 is 22.7 Å². The molecule has 0 radical (unpaired) electrons. The molecule has 2 aliphatic heterocycles. The van der Waals surface area contributed by atoms with Crippen molar-refractivity contribution < 1.29 is 33.0 Å². The Bertz CT molecular complexity index is 2940. The number of hydrogen-bond acceptors (Lipinski definition) is 7. The summed E-state index contributed by atoms with van der Waals surface area (Å²) in [6.45, 7) is 19.6. The summed E-state index contributed by atoms with van der Waals surface area (Å²) in [5, 5.41) is 17.3. The maximum Gasteiger partial charge on any atom is 0.256 e. The van der Waals surface area contributed by atoms with Crippen LogP contribution in [0.2, 0.25) is 12.1 Å². The quantitative estimate of drug-likeness (QED) is 0.0800. The normalized spacial score (nSPS) is 38.4. The van der Waals surface area contributed by atoms with Crippen LogP contribution in [-0.2, 0) is 34.5 Å². The van der Waals surface area contributed by atoms with Gasteiger partial charge in [0.15, 0.2) is 0 Å². The van der Waals surface area contributed by atoms with Crippen molar-refractivity contribution in [2.75, 3.05) is 6.79 Å². The van der Waals surface area contributed by atoms with E-state index in [0.717, 1.165) is 81.9 Å². The average Bonchev–Trinajstić information content (AvgIpc) is 1.22. The maximum atomic E-state index is 14.2. The van der Waals surface area contributed by atoms with Crippen LogP contribution < -0.4 is 20.7 Å². The molecule has 7 nitrogen and oxygen atoms in total. The molecule has 13 rings (SSSR count). The van der Waals surface area contributed by atoms with E-state index in [-0.39, 0.29) is 104 Å². The molecule has 84 heavy (non-hydrogen) atoms. The second-order valence-electron chi connectivity index (χ2n) is 28.2. The molecule has 1 N–H and O–H groups in total. The van der Waals surface area contributed by atoms with Gasteiger partial charge in [-0.05, 0) is 148 Å². The van der Waals surface area contributed by atoms with Crippen molar-refractivity contribution in [3.63, 3.8) is 0 Å². The molecule has 0 spiro atoms. The molecule has 2 heterocycles. The molecule has 16 atom stereocenters. The van der Waals surface area contributed by atoms with Crippen molar-refractivity contribution in [2.45, 2.75) is 198 Å². The molecule has 0 aromatic heterocycles. The Morgan fingerprint density at radius 1 is 0.524 bits per heavy atom. The average molecular weight is 1170 g/mol. The topological polar surface area (TPSA) is 91.3 Å². The van der Waals surface area contributed by atoms with Crippen LogP contribution >= 0.6 is 0 Å². The molecular weight excluding hydrogens is 1070 g/mol. The fourth-order valence-electron chi connectivity index (χ4n) is 20.1. The van der Waals surface area contributed by atoms with Crippen molar-refractivity contribution in [1.82, 2.24) is 0 Å². The fraction of sp³-hybridized carbons (Fsp3) is 0.573. The Labute approximate surface area is 509 Å². The van der Waals surface area contributed by atoms with Gasteiger partial charge in [-0.2, -0.15) is 0 Å². The molecule has 9 heteroatoms. The summed E-state index contributed by atoms with van der Waals surface area (Å²) >= 11 is 0. The molecule has 2 saturated heterocycles. The lowest BCUT2D eigenvalue weighted by atomic mass is 9.43. The van der Waals surface area contributed by atoms with Crippen LogP contribution in [0.15, 0.2) is 152 Å². The number of aliphatic hydroxyl groups excluding tert-OH is 1. The van der Waals surface area contributed by atoms with Crippen LogP contribution in [0, 0.1) is 68.0 Å².